The Hall–Kier alpha value is -2.14. The summed E-state index contributed by atoms with van der Waals surface area (Å²) in [7, 11) is 4.34. The van der Waals surface area contributed by atoms with E-state index in [4.69, 9.17) is 0 Å². The fourth-order valence-electron chi connectivity index (χ4n) is 5.06. The Morgan fingerprint density at radius 3 is 2.67 bits per heavy atom. The first-order valence-electron chi connectivity index (χ1n) is 11.0. The van der Waals surface area contributed by atoms with Crippen LogP contribution in [0.5, 0.6) is 0 Å². The zero-order chi connectivity index (χ0) is 20.7. The van der Waals surface area contributed by atoms with Gasteiger partial charge in [0.15, 0.2) is 0 Å². The number of rotatable bonds is 6. The van der Waals surface area contributed by atoms with Crippen LogP contribution in [0.3, 0.4) is 0 Å². The van der Waals surface area contributed by atoms with Crippen molar-refractivity contribution in [3.8, 4) is 0 Å². The summed E-state index contributed by atoms with van der Waals surface area (Å²) in [4.78, 5) is 4.92. The average Bonchev–Trinajstić information content (AvgIpc) is 3.26. The molecule has 4 heteroatoms. The molecule has 0 amide bonds. The highest BCUT2D eigenvalue weighted by Crippen LogP contribution is 2.39. The molecule has 0 atom stereocenters. The molecule has 0 aliphatic carbocycles. The molecule has 30 heavy (non-hydrogen) atoms. The summed E-state index contributed by atoms with van der Waals surface area (Å²) < 4.78 is 4.07. The van der Waals surface area contributed by atoms with Gasteiger partial charge in [0.25, 0.3) is 0 Å². The highest BCUT2D eigenvalue weighted by atomic mass is 32.1. The van der Waals surface area contributed by atoms with E-state index in [0.717, 1.165) is 39.1 Å². The lowest BCUT2D eigenvalue weighted by atomic mass is 10.00. The number of benzene rings is 2. The van der Waals surface area contributed by atoms with E-state index >= 15 is 0 Å². The van der Waals surface area contributed by atoms with Crippen molar-refractivity contribution in [3.63, 3.8) is 0 Å². The summed E-state index contributed by atoms with van der Waals surface area (Å²) in [5, 5.41) is 5.33. The van der Waals surface area contributed by atoms with Crippen molar-refractivity contribution in [2.75, 3.05) is 27.2 Å². The molecule has 1 aliphatic rings. The number of hydrogen-bond donors (Lipinski definition) is 0. The fraction of sp³-hybridized carbons (Fsp3) is 0.385. The number of fused-ring (bicyclic) bond motifs is 5. The maximum atomic E-state index is 2.64. The largest absolute Gasteiger partial charge is 0.344 e. The van der Waals surface area contributed by atoms with Crippen molar-refractivity contribution >= 4 is 32.3 Å². The van der Waals surface area contributed by atoms with E-state index in [2.05, 4.69) is 83.2 Å². The van der Waals surface area contributed by atoms with Crippen LogP contribution >= 0.6 is 11.3 Å². The van der Waals surface area contributed by atoms with Crippen LogP contribution in [0, 0.1) is 6.92 Å². The fourth-order valence-corrected chi connectivity index (χ4v) is 6.01. The highest BCUT2D eigenvalue weighted by Gasteiger charge is 2.26. The number of nitrogens with zero attached hydrogens (tertiary/aromatic N) is 3. The minimum Gasteiger partial charge on any atom is -0.344 e. The zero-order valence-corrected chi connectivity index (χ0v) is 19.1. The molecule has 0 saturated heterocycles. The van der Waals surface area contributed by atoms with Crippen molar-refractivity contribution in [2.45, 2.75) is 39.4 Å². The van der Waals surface area contributed by atoms with Crippen molar-refractivity contribution in [3.05, 3.63) is 70.2 Å². The van der Waals surface area contributed by atoms with Gasteiger partial charge in [-0.2, -0.15) is 0 Å². The first-order valence-corrected chi connectivity index (χ1v) is 11.9. The molecule has 2 aromatic heterocycles. The quantitative estimate of drug-likeness (QED) is 0.400. The summed E-state index contributed by atoms with van der Waals surface area (Å²) >= 11 is 1.88. The molecule has 0 N–H and O–H groups in total. The molecule has 3 heterocycles. The molecule has 0 fully saturated rings. The molecule has 2 aromatic carbocycles. The summed E-state index contributed by atoms with van der Waals surface area (Å²) in [6.07, 6.45) is 2.33. The third-order valence-corrected chi connectivity index (χ3v) is 7.52. The summed E-state index contributed by atoms with van der Waals surface area (Å²) in [5.74, 6) is 0. The number of aryl methyl sites for hydroxylation is 2. The minimum atomic E-state index is 1.03. The Kier molecular flexibility index (Phi) is 5.40. The Morgan fingerprint density at radius 1 is 1.03 bits per heavy atom. The zero-order valence-electron chi connectivity index (χ0n) is 18.3. The Labute approximate surface area is 183 Å². The van der Waals surface area contributed by atoms with E-state index in [1.54, 1.807) is 11.3 Å². The molecule has 0 spiro atoms. The summed E-state index contributed by atoms with van der Waals surface area (Å²) in [5.41, 5.74) is 7.42. The minimum absolute atomic E-state index is 1.03. The van der Waals surface area contributed by atoms with Crippen LogP contribution in [0.1, 0.15) is 28.8 Å². The number of hydrogen-bond acceptors (Lipinski definition) is 3. The second-order valence-electron chi connectivity index (χ2n) is 8.93. The lowest BCUT2D eigenvalue weighted by Gasteiger charge is -2.28. The molecule has 0 unspecified atom stereocenters. The Morgan fingerprint density at radius 2 is 1.87 bits per heavy atom. The van der Waals surface area contributed by atoms with Crippen LogP contribution in [0.2, 0.25) is 0 Å². The van der Waals surface area contributed by atoms with Crippen molar-refractivity contribution in [1.29, 1.82) is 0 Å². The highest BCUT2D eigenvalue weighted by molar-refractivity contribution is 7.17. The maximum absolute atomic E-state index is 2.64. The van der Waals surface area contributed by atoms with Gasteiger partial charge >= 0.3 is 0 Å². The lowest BCUT2D eigenvalue weighted by molar-refractivity contribution is 0.243. The lowest BCUT2D eigenvalue weighted by Crippen LogP contribution is -2.30. The first-order chi connectivity index (χ1) is 14.6. The van der Waals surface area contributed by atoms with Crippen LogP contribution < -0.4 is 0 Å². The molecule has 0 bridgehead atoms. The van der Waals surface area contributed by atoms with Gasteiger partial charge in [-0.15, -0.1) is 11.3 Å². The van der Waals surface area contributed by atoms with Gasteiger partial charge in [-0.3, -0.25) is 4.90 Å². The Balaban J connectivity index is 1.57. The second kappa shape index (κ2) is 8.18. The molecular formula is C26H31N3S. The van der Waals surface area contributed by atoms with E-state index in [1.165, 1.54) is 38.5 Å². The monoisotopic (exact) mass is 417 g/mol. The molecule has 0 saturated carbocycles. The van der Waals surface area contributed by atoms with Gasteiger partial charge in [0.05, 0.1) is 0 Å². The standard InChI is InChI=1S/C26H31N3S/c1-19-18-30-24-11-10-23-26(25(19)24)21-17-28(16-20-8-5-4-6-9-20)15-12-22(21)29(23)14-7-13-27(2)3/h4-6,8-11,18H,7,12-17H2,1-3H3. The summed E-state index contributed by atoms with van der Waals surface area (Å²) in [6.45, 7) is 7.74. The van der Waals surface area contributed by atoms with Gasteiger partial charge in [-0.25, -0.2) is 0 Å². The van der Waals surface area contributed by atoms with Gasteiger partial charge in [-0.05, 0) is 68.2 Å². The van der Waals surface area contributed by atoms with Crippen molar-refractivity contribution < 1.29 is 0 Å². The van der Waals surface area contributed by atoms with Gasteiger partial charge in [0, 0.05) is 59.3 Å². The molecule has 0 radical (unpaired) electrons. The van der Waals surface area contributed by atoms with E-state index in [-0.39, 0.29) is 0 Å². The third kappa shape index (κ3) is 3.58. The van der Waals surface area contributed by atoms with Crippen LogP contribution in [-0.2, 0) is 26.1 Å². The van der Waals surface area contributed by atoms with Crippen molar-refractivity contribution in [1.82, 2.24) is 14.4 Å². The molecule has 4 aromatic rings. The van der Waals surface area contributed by atoms with E-state index in [1.807, 2.05) is 11.3 Å². The molecule has 3 nitrogen and oxygen atoms in total. The SMILES string of the molecule is Cc1csc2ccc3c(c4c(n3CCCN(C)C)CCN(Cc3ccccc3)C4)c12. The molecule has 156 valence electrons. The second-order valence-corrected chi connectivity index (χ2v) is 9.84. The Bertz CT molecular complexity index is 1170. The smallest absolute Gasteiger partial charge is 0.0493 e. The van der Waals surface area contributed by atoms with E-state index in [9.17, 15) is 0 Å². The molecular weight excluding hydrogens is 386 g/mol. The van der Waals surface area contributed by atoms with Crippen LogP contribution in [0.4, 0.5) is 0 Å². The van der Waals surface area contributed by atoms with E-state index in [0.29, 0.717) is 0 Å². The first kappa shape index (κ1) is 19.8. The molecule has 5 rings (SSSR count). The predicted octanol–water partition coefficient (Wildman–Crippen LogP) is 5.67. The van der Waals surface area contributed by atoms with Gasteiger partial charge < -0.3 is 9.47 Å². The number of aromatic nitrogens is 1. The molecule has 1 aliphatic heterocycles. The van der Waals surface area contributed by atoms with Crippen LogP contribution in [0.15, 0.2) is 47.8 Å². The normalized spacial score (nSPS) is 14.8. The average molecular weight is 418 g/mol. The van der Waals surface area contributed by atoms with Crippen molar-refractivity contribution in [2.24, 2.45) is 0 Å². The predicted molar refractivity (Wildman–Crippen MR) is 129 cm³/mol. The number of thiophene rings is 1. The summed E-state index contributed by atoms with van der Waals surface area (Å²) in [6, 6.07) is 15.6. The third-order valence-electron chi connectivity index (χ3n) is 6.45. The van der Waals surface area contributed by atoms with Crippen LogP contribution in [-0.4, -0.2) is 41.6 Å². The van der Waals surface area contributed by atoms with E-state index < -0.39 is 0 Å². The van der Waals surface area contributed by atoms with Crippen LogP contribution in [0.25, 0.3) is 21.0 Å². The van der Waals surface area contributed by atoms with Gasteiger partial charge in [-0.1, -0.05) is 30.3 Å². The maximum Gasteiger partial charge on any atom is 0.0493 e. The van der Waals surface area contributed by atoms with Gasteiger partial charge in [0.1, 0.15) is 0 Å². The van der Waals surface area contributed by atoms with Gasteiger partial charge in [0.2, 0.25) is 0 Å². The topological polar surface area (TPSA) is 11.4 Å².